The highest BCUT2D eigenvalue weighted by Gasteiger charge is 2.20. The minimum absolute atomic E-state index is 0.110. The molecule has 0 saturated heterocycles. The van der Waals surface area contributed by atoms with E-state index in [4.69, 9.17) is 32.7 Å². The van der Waals surface area contributed by atoms with Crippen LogP contribution in [-0.2, 0) is 28.9 Å². The van der Waals surface area contributed by atoms with Crippen molar-refractivity contribution in [3.8, 4) is 11.6 Å². The van der Waals surface area contributed by atoms with Gasteiger partial charge in [0.1, 0.15) is 5.75 Å². The largest absolute Gasteiger partial charge is 0.469 e. The molecule has 0 bridgehead atoms. The van der Waals surface area contributed by atoms with E-state index >= 15 is 0 Å². The highest BCUT2D eigenvalue weighted by atomic mass is 35.5. The van der Waals surface area contributed by atoms with Gasteiger partial charge in [-0.15, -0.1) is 0 Å². The van der Waals surface area contributed by atoms with E-state index in [1.807, 2.05) is 13.8 Å². The second-order valence-corrected chi connectivity index (χ2v) is 5.73. The van der Waals surface area contributed by atoms with Crippen LogP contribution < -0.4 is 4.74 Å². The van der Waals surface area contributed by atoms with Crippen LogP contribution in [0.2, 0.25) is 10.0 Å². The topological polar surface area (TPSA) is 53.3 Å². The van der Waals surface area contributed by atoms with Crippen molar-refractivity contribution in [2.75, 3.05) is 7.11 Å². The maximum absolute atomic E-state index is 11.6. The van der Waals surface area contributed by atoms with Crippen LogP contribution in [0.3, 0.4) is 0 Å². The van der Waals surface area contributed by atoms with Gasteiger partial charge in [-0.2, -0.15) is 5.10 Å². The molecule has 0 aliphatic rings. The van der Waals surface area contributed by atoms with Crippen molar-refractivity contribution in [1.29, 1.82) is 0 Å². The van der Waals surface area contributed by atoms with Crippen LogP contribution in [0.5, 0.6) is 11.6 Å². The number of carbonyl (C=O) groups excluding carboxylic acids is 1. The van der Waals surface area contributed by atoms with Crippen molar-refractivity contribution in [2.24, 2.45) is 0 Å². The van der Waals surface area contributed by atoms with Gasteiger partial charge in [0.25, 0.3) is 0 Å². The average molecular weight is 357 g/mol. The lowest BCUT2D eigenvalue weighted by molar-refractivity contribution is -0.139. The lowest BCUT2D eigenvalue weighted by Crippen LogP contribution is -2.07. The van der Waals surface area contributed by atoms with Crippen molar-refractivity contribution in [2.45, 2.75) is 33.2 Å². The summed E-state index contributed by atoms with van der Waals surface area (Å²) in [6.07, 6.45) is 0.787. The molecule has 0 N–H and O–H groups in total. The van der Waals surface area contributed by atoms with Crippen LogP contribution in [0.25, 0.3) is 0 Å². The zero-order chi connectivity index (χ0) is 17.0. The lowest BCUT2D eigenvalue weighted by Gasteiger charge is -2.10. The summed E-state index contributed by atoms with van der Waals surface area (Å²) < 4.78 is 12.4. The van der Waals surface area contributed by atoms with Crippen molar-refractivity contribution >= 4 is 29.2 Å². The van der Waals surface area contributed by atoms with Gasteiger partial charge in [-0.1, -0.05) is 30.1 Å². The molecular formula is C16H18Cl2N2O3. The number of methoxy groups -OCH3 is 1. The number of nitrogens with zero attached hydrogens (tertiary/aromatic N) is 2. The minimum Gasteiger partial charge on any atom is -0.469 e. The molecule has 1 heterocycles. The van der Waals surface area contributed by atoms with E-state index in [0.29, 0.717) is 40.3 Å². The predicted octanol–water partition coefficient (Wildman–Crippen LogP) is 4.28. The predicted molar refractivity (Wildman–Crippen MR) is 89.5 cm³/mol. The van der Waals surface area contributed by atoms with Crippen LogP contribution in [0.4, 0.5) is 0 Å². The fourth-order valence-electron chi connectivity index (χ4n) is 2.26. The zero-order valence-corrected chi connectivity index (χ0v) is 14.7. The molecule has 0 aliphatic heterocycles. The Balaban J connectivity index is 2.41. The van der Waals surface area contributed by atoms with Gasteiger partial charge >= 0.3 is 5.97 Å². The van der Waals surface area contributed by atoms with Gasteiger partial charge in [-0.05, 0) is 31.5 Å². The molecule has 1 aromatic heterocycles. The summed E-state index contributed by atoms with van der Waals surface area (Å²) in [7, 11) is 1.36. The first-order valence-electron chi connectivity index (χ1n) is 7.27. The molecule has 0 fully saturated rings. The number of benzene rings is 1. The Kier molecular flexibility index (Phi) is 5.91. The molecule has 0 atom stereocenters. The summed E-state index contributed by atoms with van der Waals surface area (Å²) in [5.74, 6) is 0.779. The first-order valence-corrected chi connectivity index (χ1v) is 8.03. The molecule has 23 heavy (non-hydrogen) atoms. The second-order valence-electron chi connectivity index (χ2n) is 4.86. The lowest BCUT2D eigenvalue weighted by atomic mass is 10.1. The number of ether oxygens (including phenoxy) is 2. The second kappa shape index (κ2) is 7.70. The number of hydrogen-bond acceptors (Lipinski definition) is 4. The standard InChI is InChI=1S/C16H18Cl2N2O3/c1-4-13-14(9-15(21)22-3)19-20(5-2)16(13)23-12-7-10(17)6-11(18)8-12/h6-8H,4-5,9H2,1-3H3. The number of rotatable bonds is 6. The molecule has 5 nitrogen and oxygen atoms in total. The zero-order valence-electron chi connectivity index (χ0n) is 13.2. The Labute approximate surface area is 145 Å². The van der Waals surface area contributed by atoms with Crippen molar-refractivity contribution in [3.63, 3.8) is 0 Å². The molecule has 2 aromatic rings. The fourth-order valence-corrected chi connectivity index (χ4v) is 2.77. The molecule has 0 saturated carbocycles. The number of carbonyl (C=O) groups is 1. The molecule has 0 aliphatic carbocycles. The monoisotopic (exact) mass is 356 g/mol. The van der Waals surface area contributed by atoms with Crippen molar-refractivity contribution in [1.82, 2.24) is 9.78 Å². The molecule has 7 heteroatoms. The quantitative estimate of drug-likeness (QED) is 0.724. The Morgan fingerprint density at radius 1 is 1.22 bits per heavy atom. The molecule has 124 valence electrons. The SMILES string of the molecule is CCc1c(CC(=O)OC)nn(CC)c1Oc1cc(Cl)cc(Cl)c1. The van der Waals surface area contributed by atoms with Gasteiger partial charge in [0.2, 0.25) is 5.88 Å². The fraction of sp³-hybridized carbons (Fsp3) is 0.375. The molecule has 0 amide bonds. The third-order valence-electron chi connectivity index (χ3n) is 3.33. The maximum Gasteiger partial charge on any atom is 0.311 e. The Bertz CT molecular complexity index is 693. The van der Waals surface area contributed by atoms with E-state index in [1.54, 1.807) is 22.9 Å². The van der Waals surface area contributed by atoms with E-state index in [1.165, 1.54) is 7.11 Å². The van der Waals surface area contributed by atoms with Crippen LogP contribution in [-0.4, -0.2) is 22.9 Å². The summed E-state index contributed by atoms with van der Waals surface area (Å²) in [6.45, 7) is 4.54. The van der Waals surface area contributed by atoms with E-state index in [0.717, 1.165) is 5.56 Å². The Hall–Kier alpha value is -1.72. The van der Waals surface area contributed by atoms with Gasteiger partial charge in [-0.3, -0.25) is 4.79 Å². The summed E-state index contributed by atoms with van der Waals surface area (Å²) >= 11 is 12.0. The van der Waals surface area contributed by atoms with E-state index in [-0.39, 0.29) is 12.4 Å². The van der Waals surface area contributed by atoms with E-state index in [2.05, 4.69) is 5.10 Å². The number of aromatic nitrogens is 2. The molecule has 0 spiro atoms. The van der Waals surface area contributed by atoms with Crippen molar-refractivity contribution in [3.05, 3.63) is 39.5 Å². The number of esters is 1. The van der Waals surface area contributed by atoms with Gasteiger partial charge in [0, 0.05) is 22.2 Å². The van der Waals surface area contributed by atoms with Gasteiger partial charge in [0.05, 0.1) is 19.2 Å². The van der Waals surface area contributed by atoms with Gasteiger partial charge in [-0.25, -0.2) is 4.68 Å². The average Bonchev–Trinajstić information content (AvgIpc) is 2.82. The molecule has 0 unspecified atom stereocenters. The normalized spacial score (nSPS) is 10.7. The minimum atomic E-state index is -0.335. The van der Waals surface area contributed by atoms with Crippen LogP contribution in [0.1, 0.15) is 25.1 Å². The number of hydrogen-bond donors (Lipinski definition) is 0. The first-order chi connectivity index (χ1) is 11.0. The number of aryl methyl sites for hydroxylation is 1. The third-order valence-corrected chi connectivity index (χ3v) is 3.76. The Morgan fingerprint density at radius 2 is 1.87 bits per heavy atom. The molecular weight excluding hydrogens is 339 g/mol. The van der Waals surface area contributed by atoms with Gasteiger partial charge in [0.15, 0.2) is 0 Å². The summed E-state index contributed by atoms with van der Waals surface area (Å²) in [6, 6.07) is 5.00. The summed E-state index contributed by atoms with van der Waals surface area (Å²) in [4.78, 5) is 11.6. The van der Waals surface area contributed by atoms with E-state index in [9.17, 15) is 4.79 Å². The highest BCUT2D eigenvalue weighted by molar-refractivity contribution is 6.34. The van der Waals surface area contributed by atoms with Crippen LogP contribution >= 0.6 is 23.2 Å². The maximum atomic E-state index is 11.6. The molecule has 0 radical (unpaired) electrons. The van der Waals surface area contributed by atoms with Crippen molar-refractivity contribution < 1.29 is 14.3 Å². The van der Waals surface area contributed by atoms with Gasteiger partial charge < -0.3 is 9.47 Å². The Morgan fingerprint density at radius 3 is 2.39 bits per heavy atom. The first kappa shape index (κ1) is 17.6. The molecule has 1 aromatic carbocycles. The third kappa shape index (κ3) is 4.18. The van der Waals surface area contributed by atoms with Crippen LogP contribution in [0.15, 0.2) is 18.2 Å². The highest BCUT2D eigenvalue weighted by Crippen LogP contribution is 2.32. The van der Waals surface area contributed by atoms with E-state index < -0.39 is 0 Å². The smallest absolute Gasteiger partial charge is 0.311 e. The number of halogens is 2. The van der Waals surface area contributed by atoms with Crippen LogP contribution in [0, 0.1) is 0 Å². The molecule has 2 rings (SSSR count). The summed E-state index contributed by atoms with van der Waals surface area (Å²) in [5, 5.41) is 5.43. The summed E-state index contributed by atoms with van der Waals surface area (Å²) in [5.41, 5.74) is 1.53.